The Balaban J connectivity index is 1.38. The molecular weight excluding hydrogens is 342 g/mol. The predicted octanol–water partition coefficient (Wildman–Crippen LogP) is 0.367. The molecule has 10 heteroatoms. The molecule has 1 aliphatic rings. The van der Waals surface area contributed by atoms with Gasteiger partial charge in [0.15, 0.2) is 5.82 Å². The van der Waals surface area contributed by atoms with Gasteiger partial charge in [-0.25, -0.2) is 9.67 Å². The van der Waals surface area contributed by atoms with E-state index in [4.69, 9.17) is 4.74 Å². The Morgan fingerprint density at radius 3 is 3.00 bits per heavy atom. The Hall–Kier alpha value is -1.91. The fourth-order valence-corrected chi connectivity index (χ4v) is 3.32. The SMILES string of the molecule is Cc1csc(CNC(=O)CCCn2nnnc2CN2CCOCC2)n1. The lowest BCUT2D eigenvalue weighted by atomic mass is 10.3. The topological polar surface area (TPSA) is 98.1 Å². The van der Waals surface area contributed by atoms with Crippen LogP contribution in [0.4, 0.5) is 0 Å². The molecule has 1 saturated heterocycles. The molecule has 2 aromatic rings. The van der Waals surface area contributed by atoms with Crippen molar-refractivity contribution in [3.05, 3.63) is 21.9 Å². The normalized spacial score (nSPS) is 15.4. The number of amides is 1. The van der Waals surface area contributed by atoms with Crippen LogP contribution in [0.2, 0.25) is 0 Å². The summed E-state index contributed by atoms with van der Waals surface area (Å²) in [6.45, 7) is 7.08. The highest BCUT2D eigenvalue weighted by Gasteiger charge is 2.15. The number of hydrogen-bond donors (Lipinski definition) is 1. The van der Waals surface area contributed by atoms with Crippen LogP contribution in [0.25, 0.3) is 0 Å². The Bertz CT molecular complexity index is 681. The molecule has 1 N–H and O–H groups in total. The van der Waals surface area contributed by atoms with E-state index >= 15 is 0 Å². The summed E-state index contributed by atoms with van der Waals surface area (Å²) in [6, 6.07) is 0. The van der Waals surface area contributed by atoms with Crippen LogP contribution in [-0.2, 0) is 29.2 Å². The molecule has 0 saturated carbocycles. The number of nitrogens with zero attached hydrogens (tertiary/aromatic N) is 6. The van der Waals surface area contributed by atoms with E-state index in [2.05, 4.69) is 30.7 Å². The molecule has 1 amide bonds. The molecule has 1 fully saturated rings. The molecular formula is C15H23N7O2S. The van der Waals surface area contributed by atoms with Gasteiger partial charge < -0.3 is 10.1 Å². The fourth-order valence-electron chi connectivity index (χ4n) is 2.61. The predicted molar refractivity (Wildman–Crippen MR) is 91.8 cm³/mol. The number of thiazole rings is 1. The lowest BCUT2D eigenvalue weighted by Gasteiger charge is -2.25. The molecule has 9 nitrogen and oxygen atoms in total. The van der Waals surface area contributed by atoms with Crippen LogP contribution in [0.15, 0.2) is 5.38 Å². The average molecular weight is 365 g/mol. The van der Waals surface area contributed by atoms with Gasteiger partial charge in [-0.3, -0.25) is 9.69 Å². The van der Waals surface area contributed by atoms with Gasteiger partial charge in [0.05, 0.1) is 26.3 Å². The molecule has 0 atom stereocenters. The zero-order valence-corrected chi connectivity index (χ0v) is 15.2. The third kappa shape index (κ3) is 5.55. The summed E-state index contributed by atoms with van der Waals surface area (Å²) < 4.78 is 7.13. The second kappa shape index (κ2) is 8.97. The van der Waals surface area contributed by atoms with Crippen molar-refractivity contribution in [2.75, 3.05) is 26.3 Å². The molecule has 0 aliphatic carbocycles. The van der Waals surface area contributed by atoms with Crippen LogP contribution < -0.4 is 5.32 Å². The van der Waals surface area contributed by atoms with Gasteiger partial charge in [-0.15, -0.1) is 16.4 Å². The van der Waals surface area contributed by atoms with Gasteiger partial charge in [-0.2, -0.15) is 0 Å². The minimum atomic E-state index is 0.0238. The fraction of sp³-hybridized carbons (Fsp3) is 0.667. The molecule has 136 valence electrons. The highest BCUT2D eigenvalue weighted by atomic mass is 32.1. The lowest BCUT2D eigenvalue weighted by Crippen LogP contribution is -2.36. The number of hydrogen-bond acceptors (Lipinski definition) is 8. The Labute approximate surface area is 150 Å². The monoisotopic (exact) mass is 365 g/mol. The molecule has 0 aromatic carbocycles. The number of tetrazole rings is 1. The smallest absolute Gasteiger partial charge is 0.220 e. The number of ether oxygens (including phenoxy) is 1. The number of carbonyl (C=O) groups excluding carboxylic acids is 1. The molecule has 3 heterocycles. The van der Waals surface area contributed by atoms with Gasteiger partial charge in [0.2, 0.25) is 5.91 Å². The second-order valence-electron chi connectivity index (χ2n) is 5.97. The molecule has 0 bridgehead atoms. The van der Waals surface area contributed by atoms with Gasteiger partial charge in [-0.05, 0) is 23.8 Å². The first-order valence-electron chi connectivity index (χ1n) is 8.43. The van der Waals surface area contributed by atoms with Crippen molar-refractivity contribution < 1.29 is 9.53 Å². The summed E-state index contributed by atoms with van der Waals surface area (Å²) in [4.78, 5) is 18.5. The minimum absolute atomic E-state index is 0.0238. The third-order valence-electron chi connectivity index (χ3n) is 3.95. The van der Waals surface area contributed by atoms with Gasteiger partial charge in [0.25, 0.3) is 0 Å². The van der Waals surface area contributed by atoms with Crippen molar-refractivity contribution in [1.29, 1.82) is 0 Å². The summed E-state index contributed by atoms with van der Waals surface area (Å²) in [5.41, 5.74) is 0.987. The van der Waals surface area contributed by atoms with Crippen molar-refractivity contribution in [2.24, 2.45) is 0 Å². The van der Waals surface area contributed by atoms with Crippen molar-refractivity contribution in [1.82, 2.24) is 35.4 Å². The zero-order chi connectivity index (χ0) is 17.5. The quantitative estimate of drug-likeness (QED) is 0.721. The highest BCUT2D eigenvalue weighted by molar-refractivity contribution is 7.09. The number of nitrogens with one attached hydrogen (secondary N) is 1. The number of aromatic nitrogens is 5. The number of carbonyl (C=O) groups is 1. The summed E-state index contributed by atoms with van der Waals surface area (Å²) >= 11 is 1.56. The molecule has 0 radical (unpaired) electrons. The number of aryl methyl sites for hydroxylation is 2. The van der Waals surface area contributed by atoms with Crippen LogP contribution in [0.5, 0.6) is 0 Å². The molecule has 0 unspecified atom stereocenters. The van der Waals surface area contributed by atoms with Crippen LogP contribution >= 0.6 is 11.3 Å². The van der Waals surface area contributed by atoms with E-state index in [1.54, 1.807) is 16.0 Å². The van der Waals surface area contributed by atoms with Crippen LogP contribution in [0.3, 0.4) is 0 Å². The maximum atomic E-state index is 11.9. The van der Waals surface area contributed by atoms with Crippen LogP contribution in [0.1, 0.15) is 29.4 Å². The summed E-state index contributed by atoms with van der Waals surface area (Å²) in [6.07, 6.45) is 1.14. The van der Waals surface area contributed by atoms with Gasteiger partial charge in [0.1, 0.15) is 5.01 Å². The first-order valence-corrected chi connectivity index (χ1v) is 9.31. The Morgan fingerprint density at radius 2 is 2.24 bits per heavy atom. The van der Waals surface area contributed by atoms with E-state index in [0.717, 1.165) is 42.8 Å². The molecule has 3 rings (SSSR count). The standard InChI is InChI=1S/C15H23N7O2S/c1-12-11-25-15(17-12)9-16-14(23)3-2-4-22-13(18-19-20-22)10-21-5-7-24-8-6-21/h11H,2-10H2,1H3,(H,16,23). The largest absolute Gasteiger partial charge is 0.379 e. The lowest BCUT2D eigenvalue weighted by molar-refractivity contribution is -0.121. The summed E-state index contributed by atoms with van der Waals surface area (Å²) in [5, 5.41) is 17.7. The van der Waals surface area contributed by atoms with Crippen molar-refractivity contribution in [3.63, 3.8) is 0 Å². The first-order chi connectivity index (χ1) is 12.2. The summed E-state index contributed by atoms with van der Waals surface area (Å²) in [5.74, 6) is 0.858. The first kappa shape index (κ1) is 17.9. The van der Waals surface area contributed by atoms with E-state index in [1.165, 1.54) is 0 Å². The average Bonchev–Trinajstić information content (AvgIpc) is 3.23. The number of rotatable bonds is 8. The third-order valence-corrected chi connectivity index (χ3v) is 4.92. The van der Waals surface area contributed by atoms with Gasteiger partial charge in [-0.1, -0.05) is 0 Å². The molecule has 2 aromatic heterocycles. The van der Waals surface area contributed by atoms with Crippen molar-refractivity contribution in [2.45, 2.75) is 39.4 Å². The van der Waals surface area contributed by atoms with E-state index in [1.807, 2.05) is 12.3 Å². The van der Waals surface area contributed by atoms with Crippen LogP contribution in [0, 0.1) is 6.92 Å². The zero-order valence-electron chi connectivity index (χ0n) is 14.3. The van der Waals surface area contributed by atoms with Gasteiger partial charge in [0, 0.05) is 37.1 Å². The molecule has 1 aliphatic heterocycles. The van der Waals surface area contributed by atoms with Gasteiger partial charge >= 0.3 is 0 Å². The maximum absolute atomic E-state index is 11.9. The summed E-state index contributed by atoms with van der Waals surface area (Å²) in [7, 11) is 0. The van der Waals surface area contributed by atoms with Crippen molar-refractivity contribution in [3.8, 4) is 0 Å². The van der Waals surface area contributed by atoms with E-state index in [-0.39, 0.29) is 5.91 Å². The van der Waals surface area contributed by atoms with E-state index < -0.39 is 0 Å². The maximum Gasteiger partial charge on any atom is 0.220 e. The Morgan fingerprint density at radius 1 is 1.40 bits per heavy atom. The second-order valence-corrected chi connectivity index (χ2v) is 6.91. The van der Waals surface area contributed by atoms with E-state index in [9.17, 15) is 4.79 Å². The molecule has 25 heavy (non-hydrogen) atoms. The minimum Gasteiger partial charge on any atom is -0.379 e. The molecule has 0 spiro atoms. The van der Waals surface area contributed by atoms with E-state index in [0.29, 0.717) is 32.5 Å². The van der Waals surface area contributed by atoms with Crippen molar-refractivity contribution >= 4 is 17.2 Å². The highest BCUT2D eigenvalue weighted by Crippen LogP contribution is 2.08. The number of morpholine rings is 1. The Kier molecular flexibility index (Phi) is 6.42. The van der Waals surface area contributed by atoms with Crippen LogP contribution in [-0.4, -0.2) is 62.3 Å².